The van der Waals surface area contributed by atoms with Crippen LogP contribution in [0.25, 0.3) is 0 Å². The van der Waals surface area contributed by atoms with Crippen molar-refractivity contribution in [3.63, 3.8) is 0 Å². The SMILES string of the molecule is CC(=O)NCc1ccc(C(=O)N2CC[C@@](C)(C(=O)O)C2)cc1. The third-order valence-corrected chi connectivity index (χ3v) is 4.02. The highest BCUT2D eigenvalue weighted by Crippen LogP contribution is 2.31. The minimum absolute atomic E-state index is 0.106. The molecule has 1 aromatic rings. The smallest absolute Gasteiger partial charge is 0.311 e. The highest BCUT2D eigenvalue weighted by molar-refractivity contribution is 5.95. The lowest BCUT2D eigenvalue weighted by molar-refractivity contribution is -0.147. The molecule has 0 bridgehead atoms. The van der Waals surface area contributed by atoms with Crippen molar-refractivity contribution in [2.45, 2.75) is 26.8 Å². The van der Waals surface area contributed by atoms with Crippen LogP contribution in [-0.4, -0.2) is 40.9 Å². The van der Waals surface area contributed by atoms with Gasteiger partial charge in [0.1, 0.15) is 0 Å². The van der Waals surface area contributed by atoms with E-state index in [4.69, 9.17) is 0 Å². The first-order valence-corrected chi connectivity index (χ1v) is 7.18. The maximum absolute atomic E-state index is 12.4. The highest BCUT2D eigenvalue weighted by Gasteiger charge is 2.42. The Morgan fingerprint density at radius 1 is 1.27 bits per heavy atom. The highest BCUT2D eigenvalue weighted by atomic mass is 16.4. The van der Waals surface area contributed by atoms with Crippen LogP contribution in [0.5, 0.6) is 0 Å². The molecule has 1 aromatic carbocycles. The van der Waals surface area contributed by atoms with Crippen molar-refractivity contribution in [1.29, 1.82) is 0 Å². The summed E-state index contributed by atoms with van der Waals surface area (Å²) in [7, 11) is 0. The summed E-state index contributed by atoms with van der Waals surface area (Å²) < 4.78 is 0. The second-order valence-corrected chi connectivity index (χ2v) is 5.95. The van der Waals surface area contributed by atoms with Crippen molar-refractivity contribution in [2.24, 2.45) is 5.41 Å². The summed E-state index contributed by atoms with van der Waals surface area (Å²) in [4.78, 5) is 36.1. The van der Waals surface area contributed by atoms with Crippen molar-refractivity contribution >= 4 is 17.8 Å². The van der Waals surface area contributed by atoms with Gasteiger partial charge < -0.3 is 15.3 Å². The fourth-order valence-electron chi connectivity index (χ4n) is 2.48. The Morgan fingerprint density at radius 3 is 2.41 bits per heavy atom. The van der Waals surface area contributed by atoms with Gasteiger partial charge in [-0.05, 0) is 31.0 Å². The maximum Gasteiger partial charge on any atom is 0.311 e. The van der Waals surface area contributed by atoms with E-state index in [-0.39, 0.29) is 18.4 Å². The van der Waals surface area contributed by atoms with Crippen LogP contribution in [0, 0.1) is 5.41 Å². The molecule has 2 amide bonds. The average Bonchev–Trinajstić information content (AvgIpc) is 2.89. The number of hydrogen-bond acceptors (Lipinski definition) is 3. The first-order valence-electron chi connectivity index (χ1n) is 7.18. The topological polar surface area (TPSA) is 86.7 Å². The number of hydrogen-bond donors (Lipinski definition) is 2. The Morgan fingerprint density at radius 2 is 1.91 bits per heavy atom. The predicted molar refractivity (Wildman–Crippen MR) is 80.2 cm³/mol. The zero-order valence-electron chi connectivity index (χ0n) is 12.8. The van der Waals surface area contributed by atoms with Crippen LogP contribution in [0.4, 0.5) is 0 Å². The van der Waals surface area contributed by atoms with Crippen LogP contribution >= 0.6 is 0 Å². The summed E-state index contributed by atoms with van der Waals surface area (Å²) in [5, 5.41) is 11.9. The molecule has 6 nitrogen and oxygen atoms in total. The zero-order valence-corrected chi connectivity index (χ0v) is 12.8. The lowest BCUT2D eigenvalue weighted by atomic mass is 9.90. The molecule has 1 saturated heterocycles. The Labute approximate surface area is 129 Å². The average molecular weight is 304 g/mol. The van der Waals surface area contributed by atoms with Crippen molar-refractivity contribution in [1.82, 2.24) is 10.2 Å². The molecule has 0 aliphatic carbocycles. The first-order chi connectivity index (χ1) is 10.3. The van der Waals surface area contributed by atoms with Gasteiger partial charge in [0.2, 0.25) is 5.91 Å². The fraction of sp³-hybridized carbons (Fsp3) is 0.438. The molecule has 6 heteroatoms. The molecule has 1 fully saturated rings. The van der Waals surface area contributed by atoms with Gasteiger partial charge in [0.15, 0.2) is 0 Å². The van der Waals surface area contributed by atoms with Crippen LogP contribution in [0.3, 0.4) is 0 Å². The van der Waals surface area contributed by atoms with Gasteiger partial charge in [-0.15, -0.1) is 0 Å². The van der Waals surface area contributed by atoms with E-state index in [1.165, 1.54) is 6.92 Å². The van der Waals surface area contributed by atoms with Crippen molar-refractivity contribution in [3.8, 4) is 0 Å². The molecule has 0 aromatic heterocycles. The Kier molecular flexibility index (Phi) is 4.49. The molecular weight excluding hydrogens is 284 g/mol. The number of amides is 2. The van der Waals surface area contributed by atoms with Crippen LogP contribution in [0.1, 0.15) is 36.2 Å². The van der Waals surface area contributed by atoms with Crippen LogP contribution in [-0.2, 0) is 16.1 Å². The molecule has 0 unspecified atom stereocenters. The number of rotatable bonds is 4. The first kappa shape index (κ1) is 16.0. The number of carboxylic acids is 1. The maximum atomic E-state index is 12.4. The van der Waals surface area contributed by atoms with E-state index in [0.717, 1.165) is 5.56 Å². The third kappa shape index (κ3) is 3.44. The molecule has 1 heterocycles. The van der Waals surface area contributed by atoms with E-state index in [1.54, 1.807) is 36.1 Å². The molecule has 1 atom stereocenters. The molecule has 0 saturated carbocycles. The predicted octanol–water partition coefficient (Wildman–Crippen LogP) is 1.26. The molecule has 118 valence electrons. The Balaban J connectivity index is 2.02. The van der Waals surface area contributed by atoms with E-state index in [1.807, 2.05) is 0 Å². The minimum Gasteiger partial charge on any atom is -0.481 e. The number of carbonyl (C=O) groups is 3. The Hall–Kier alpha value is -2.37. The summed E-state index contributed by atoms with van der Waals surface area (Å²) in [6, 6.07) is 6.98. The van der Waals surface area contributed by atoms with Crippen molar-refractivity contribution in [3.05, 3.63) is 35.4 Å². The lowest BCUT2D eigenvalue weighted by Crippen LogP contribution is -2.34. The number of benzene rings is 1. The summed E-state index contributed by atoms with van der Waals surface area (Å²) in [5.74, 6) is -1.13. The molecule has 1 aliphatic rings. The van der Waals surface area contributed by atoms with E-state index >= 15 is 0 Å². The standard InChI is InChI=1S/C16H20N2O4/c1-11(19)17-9-12-3-5-13(6-4-12)14(20)18-8-7-16(2,10-18)15(21)22/h3-6H,7-10H2,1-2H3,(H,17,19)(H,21,22)/t16-/m1/s1. The summed E-state index contributed by atoms with van der Waals surface area (Å²) in [6.45, 7) is 4.22. The van der Waals surface area contributed by atoms with E-state index in [0.29, 0.717) is 25.1 Å². The summed E-state index contributed by atoms with van der Waals surface area (Å²) in [6.07, 6.45) is 0.467. The quantitative estimate of drug-likeness (QED) is 0.876. The number of nitrogens with zero attached hydrogens (tertiary/aromatic N) is 1. The minimum atomic E-state index is -0.867. The van der Waals surface area contributed by atoms with Crippen molar-refractivity contribution in [2.75, 3.05) is 13.1 Å². The number of nitrogens with one attached hydrogen (secondary N) is 1. The van der Waals surface area contributed by atoms with Gasteiger partial charge in [0.05, 0.1) is 5.41 Å². The molecular formula is C16H20N2O4. The van der Waals surface area contributed by atoms with Gasteiger partial charge in [0.25, 0.3) is 5.91 Å². The van der Waals surface area contributed by atoms with Gasteiger partial charge >= 0.3 is 5.97 Å². The third-order valence-electron chi connectivity index (χ3n) is 4.02. The second-order valence-electron chi connectivity index (χ2n) is 5.95. The van der Waals surface area contributed by atoms with Gasteiger partial charge in [-0.1, -0.05) is 12.1 Å². The van der Waals surface area contributed by atoms with E-state index in [9.17, 15) is 19.5 Å². The molecule has 1 aliphatic heterocycles. The molecule has 2 N–H and O–H groups in total. The van der Waals surface area contributed by atoms with Gasteiger partial charge in [-0.2, -0.15) is 0 Å². The number of likely N-dealkylation sites (tertiary alicyclic amines) is 1. The molecule has 0 spiro atoms. The van der Waals surface area contributed by atoms with Crippen LogP contribution < -0.4 is 5.32 Å². The van der Waals surface area contributed by atoms with Gasteiger partial charge in [0, 0.05) is 32.1 Å². The Bertz CT molecular complexity index is 597. The van der Waals surface area contributed by atoms with E-state index < -0.39 is 11.4 Å². The number of carboxylic acid groups (broad SMARTS) is 1. The number of carbonyl (C=O) groups excluding carboxylic acids is 2. The largest absolute Gasteiger partial charge is 0.481 e. The van der Waals surface area contributed by atoms with Crippen LogP contribution in [0.15, 0.2) is 24.3 Å². The van der Waals surface area contributed by atoms with Gasteiger partial charge in [-0.25, -0.2) is 0 Å². The van der Waals surface area contributed by atoms with E-state index in [2.05, 4.69) is 5.32 Å². The zero-order chi connectivity index (χ0) is 16.3. The lowest BCUT2D eigenvalue weighted by Gasteiger charge is -2.20. The summed E-state index contributed by atoms with van der Waals surface area (Å²) in [5.41, 5.74) is 0.575. The number of aliphatic carboxylic acids is 1. The molecule has 22 heavy (non-hydrogen) atoms. The van der Waals surface area contributed by atoms with Crippen LogP contribution in [0.2, 0.25) is 0 Å². The monoisotopic (exact) mass is 304 g/mol. The molecule has 0 radical (unpaired) electrons. The second kappa shape index (κ2) is 6.17. The van der Waals surface area contributed by atoms with Crippen molar-refractivity contribution < 1.29 is 19.5 Å². The summed E-state index contributed by atoms with van der Waals surface area (Å²) >= 11 is 0. The fourth-order valence-corrected chi connectivity index (χ4v) is 2.48. The normalized spacial score (nSPS) is 20.7. The van der Waals surface area contributed by atoms with Gasteiger partial charge in [-0.3, -0.25) is 14.4 Å². The molecule has 2 rings (SSSR count).